The van der Waals surface area contributed by atoms with Gasteiger partial charge >= 0.3 is 0 Å². The van der Waals surface area contributed by atoms with Crippen LogP contribution >= 0.6 is 11.8 Å². The Bertz CT molecular complexity index is 331. The van der Waals surface area contributed by atoms with Crippen molar-refractivity contribution in [1.82, 2.24) is 15.3 Å². The van der Waals surface area contributed by atoms with Gasteiger partial charge in [-0.2, -0.15) is 0 Å². The molecule has 1 heterocycles. The fourth-order valence-corrected chi connectivity index (χ4v) is 2.15. The van der Waals surface area contributed by atoms with Crippen LogP contribution in [0.4, 0.5) is 0 Å². The molecule has 0 bridgehead atoms. The molecule has 0 aromatic carbocycles. The number of rotatable bonds is 7. The predicted octanol–water partition coefficient (Wildman–Crippen LogP) is 1.63. The first kappa shape index (κ1) is 14.4. The van der Waals surface area contributed by atoms with E-state index in [2.05, 4.69) is 22.2 Å². The number of nitrogens with one attached hydrogen (secondary N) is 1. The van der Waals surface area contributed by atoms with Crippen LogP contribution < -0.4 is 5.32 Å². The normalized spacial score (nSPS) is 14.6. The molecule has 1 atom stereocenters. The number of hydrogen-bond acceptors (Lipinski definition) is 5. The Hall–Kier alpha value is -0.650. The summed E-state index contributed by atoms with van der Waals surface area (Å²) < 4.78 is 0. The van der Waals surface area contributed by atoms with Crippen LogP contribution in [0, 0.1) is 6.92 Å². The summed E-state index contributed by atoms with van der Waals surface area (Å²) in [5, 5.41) is 13.5. The quantitative estimate of drug-likeness (QED) is 0.573. The van der Waals surface area contributed by atoms with Crippen LogP contribution in [0.2, 0.25) is 0 Å². The van der Waals surface area contributed by atoms with Crippen molar-refractivity contribution in [3.63, 3.8) is 0 Å². The highest BCUT2D eigenvalue weighted by atomic mass is 32.2. The molecule has 0 fully saturated rings. The Balaban J connectivity index is 2.49. The summed E-state index contributed by atoms with van der Waals surface area (Å²) in [5.74, 6) is 0.757. The molecule has 1 unspecified atom stereocenters. The molecule has 0 amide bonds. The van der Waals surface area contributed by atoms with Gasteiger partial charge in [-0.1, -0.05) is 18.7 Å². The van der Waals surface area contributed by atoms with Crippen LogP contribution in [0.3, 0.4) is 0 Å². The average molecular weight is 255 g/mol. The SMILES string of the molecule is CCCNC(C)(CO)CSc1ncc(C)cn1. The molecule has 2 N–H and O–H groups in total. The molecular weight excluding hydrogens is 234 g/mol. The summed E-state index contributed by atoms with van der Waals surface area (Å²) in [4.78, 5) is 8.48. The smallest absolute Gasteiger partial charge is 0.187 e. The standard InChI is InChI=1S/C12H21N3OS/c1-4-5-15-12(3,8-16)9-17-11-13-6-10(2)7-14-11/h6-7,15-16H,4-5,8-9H2,1-3H3. The molecule has 0 spiro atoms. The zero-order chi connectivity index (χ0) is 12.7. The minimum atomic E-state index is -0.269. The molecule has 0 saturated heterocycles. The number of nitrogens with zero attached hydrogens (tertiary/aromatic N) is 2. The zero-order valence-corrected chi connectivity index (χ0v) is 11.5. The van der Waals surface area contributed by atoms with E-state index in [0.29, 0.717) is 0 Å². The van der Waals surface area contributed by atoms with E-state index < -0.39 is 0 Å². The van der Waals surface area contributed by atoms with Crippen LogP contribution in [0.15, 0.2) is 17.6 Å². The Morgan fingerprint density at radius 2 is 2.06 bits per heavy atom. The van der Waals surface area contributed by atoms with Gasteiger partial charge in [-0.05, 0) is 32.4 Å². The van der Waals surface area contributed by atoms with Crippen molar-refractivity contribution in [2.24, 2.45) is 0 Å². The van der Waals surface area contributed by atoms with Crippen molar-refractivity contribution in [2.75, 3.05) is 18.9 Å². The Morgan fingerprint density at radius 1 is 1.41 bits per heavy atom. The fourth-order valence-electron chi connectivity index (χ4n) is 1.26. The molecule has 5 heteroatoms. The lowest BCUT2D eigenvalue weighted by Crippen LogP contribution is -2.48. The molecule has 1 rings (SSSR count). The van der Waals surface area contributed by atoms with Gasteiger partial charge in [-0.25, -0.2) is 9.97 Å². The van der Waals surface area contributed by atoms with Crippen molar-refractivity contribution in [2.45, 2.75) is 37.9 Å². The molecule has 1 aromatic rings. The average Bonchev–Trinajstić information content (AvgIpc) is 2.36. The molecule has 0 saturated carbocycles. The molecule has 0 aliphatic heterocycles. The maximum atomic E-state index is 9.42. The van der Waals surface area contributed by atoms with E-state index in [1.165, 1.54) is 0 Å². The molecule has 0 aliphatic rings. The van der Waals surface area contributed by atoms with Gasteiger partial charge in [0.15, 0.2) is 5.16 Å². The zero-order valence-electron chi connectivity index (χ0n) is 10.7. The number of aliphatic hydroxyl groups is 1. The lowest BCUT2D eigenvalue weighted by atomic mass is 10.1. The number of aliphatic hydroxyl groups excluding tert-OH is 1. The second kappa shape index (κ2) is 6.93. The van der Waals surface area contributed by atoms with Crippen LogP contribution in [0.25, 0.3) is 0 Å². The number of thioether (sulfide) groups is 1. The van der Waals surface area contributed by atoms with Gasteiger partial charge in [0.1, 0.15) is 0 Å². The van der Waals surface area contributed by atoms with Crippen LogP contribution in [0.1, 0.15) is 25.8 Å². The summed E-state index contributed by atoms with van der Waals surface area (Å²) in [6.45, 7) is 7.12. The minimum absolute atomic E-state index is 0.117. The fraction of sp³-hybridized carbons (Fsp3) is 0.667. The van der Waals surface area contributed by atoms with Gasteiger partial charge in [0.05, 0.1) is 6.61 Å². The van der Waals surface area contributed by atoms with E-state index in [1.54, 1.807) is 11.8 Å². The molecule has 1 aromatic heterocycles. The van der Waals surface area contributed by atoms with Gasteiger partial charge in [0.2, 0.25) is 0 Å². The van der Waals surface area contributed by atoms with Crippen molar-refractivity contribution < 1.29 is 5.11 Å². The number of hydrogen-bond donors (Lipinski definition) is 2. The highest BCUT2D eigenvalue weighted by Gasteiger charge is 2.22. The highest BCUT2D eigenvalue weighted by Crippen LogP contribution is 2.18. The maximum absolute atomic E-state index is 9.42. The third-order valence-corrected chi connectivity index (χ3v) is 3.68. The summed E-state index contributed by atoms with van der Waals surface area (Å²) in [6.07, 6.45) is 4.68. The molecular formula is C12H21N3OS. The maximum Gasteiger partial charge on any atom is 0.187 e. The summed E-state index contributed by atoms with van der Waals surface area (Å²) in [6, 6.07) is 0. The molecule has 0 aliphatic carbocycles. The van der Waals surface area contributed by atoms with Crippen molar-refractivity contribution in [1.29, 1.82) is 0 Å². The Morgan fingerprint density at radius 3 is 2.59 bits per heavy atom. The Labute approximate surface area is 107 Å². The summed E-state index contributed by atoms with van der Waals surface area (Å²) in [5.41, 5.74) is 0.790. The van der Waals surface area contributed by atoms with Crippen molar-refractivity contribution >= 4 is 11.8 Å². The Kier molecular flexibility index (Phi) is 5.88. The van der Waals surface area contributed by atoms with Crippen molar-refractivity contribution in [3.8, 4) is 0 Å². The summed E-state index contributed by atoms with van der Waals surface area (Å²) in [7, 11) is 0. The third kappa shape index (κ3) is 5.02. The third-order valence-electron chi connectivity index (χ3n) is 2.43. The number of aromatic nitrogens is 2. The second-order valence-corrected chi connectivity index (χ2v) is 5.42. The van der Waals surface area contributed by atoms with Crippen LogP contribution in [0.5, 0.6) is 0 Å². The molecule has 4 nitrogen and oxygen atoms in total. The van der Waals surface area contributed by atoms with E-state index in [4.69, 9.17) is 0 Å². The highest BCUT2D eigenvalue weighted by molar-refractivity contribution is 7.99. The largest absolute Gasteiger partial charge is 0.394 e. The van der Waals surface area contributed by atoms with E-state index in [9.17, 15) is 5.11 Å². The van der Waals surface area contributed by atoms with E-state index in [-0.39, 0.29) is 12.1 Å². The van der Waals surface area contributed by atoms with Gasteiger partial charge in [-0.15, -0.1) is 0 Å². The van der Waals surface area contributed by atoms with E-state index in [1.807, 2.05) is 26.2 Å². The first-order valence-electron chi connectivity index (χ1n) is 5.87. The van der Waals surface area contributed by atoms with Crippen LogP contribution in [-0.4, -0.2) is 39.5 Å². The molecule has 17 heavy (non-hydrogen) atoms. The predicted molar refractivity (Wildman–Crippen MR) is 71.3 cm³/mol. The van der Waals surface area contributed by atoms with Crippen LogP contribution in [-0.2, 0) is 0 Å². The van der Waals surface area contributed by atoms with E-state index in [0.717, 1.165) is 29.4 Å². The minimum Gasteiger partial charge on any atom is -0.394 e. The molecule has 0 radical (unpaired) electrons. The second-order valence-electron chi connectivity index (χ2n) is 4.48. The lowest BCUT2D eigenvalue weighted by molar-refractivity contribution is 0.192. The first-order valence-corrected chi connectivity index (χ1v) is 6.85. The first-order chi connectivity index (χ1) is 8.09. The van der Waals surface area contributed by atoms with Gasteiger partial charge in [0.25, 0.3) is 0 Å². The lowest BCUT2D eigenvalue weighted by Gasteiger charge is -2.28. The number of aryl methyl sites for hydroxylation is 1. The summed E-state index contributed by atoms with van der Waals surface area (Å²) >= 11 is 1.57. The van der Waals surface area contributed by atoms with Gasteiger partial charge in [-0.3, -0.25) is 0 Å². The molecule has 96 valence electrons. The topological polar surface area (TPSA) is 58.0 Å². The monoisotopic (exact) mass is 255 g/mol. The van der Waals surface area contributed by atoms with E-state index >= 15 is 0 Å². The van der Waals surface area contributed by atoms with Gasteiger partial charge in [0, 0.05) is 23.7 Å². The van der Waals surface area contributed by atoms with Crippen molar-refractivity contribution in [3.05, 3.63) is 18.0 Å². The van der Waals surface area contributed by atoms with Gasteiger partial charge < -0.3 is 10.4 Å².